The zero-order valence-corrected chi connectivity index (χ0v) is 8.59. The maximum atomic E-state index is 13.5. The quantitative estimate of drug-likeness (QED) is 0.540. The van der Waals surface area contributed by atoms with Crippen molar-refractivity contribution in [1.82, 2.24) is 0 Å². The Bertz CT molecular complexity index is 424. The number of allylic oxidation sites excluding steroid dienone is 2. The average molecular weight is 205 g/mol. The highest BCUT2D eigenvalue weighted by Crippen LogP contribution is 2.28. The molecule has 0 bridgehead atoms. The lowest BCUT2D eigenvalue weighted by Gasteiger charge is -2.06. The number of hydrogen-bond donors (Lipinski definition) is 0. The second kappa shape index (κ2) is 4.64. The van der Waals surface area contributed by atoms with Crippen molar-refractivity contribution in [2.24, 2.45) is 5.18 Å². The average Bonchev–Trinajstić information content (AvgIpc) is 2.20. The van der Waals surface area contributed by atoms with E-state index in [1.807, 2.05) is 0 Å². The van der Waals surface area contributed by atoms with Gasteiger partial charge in [0.2, 0.25) is 0 Å². The fourth-order valence-corrected chi connectivity index (χ4v) is 1.33. The summed E-state index contributed by atoms with van der Waals surface area (Å²) in [7, 11) is 0. The molecule has 0 aromatic heterocycles. The summed E-state index contributed by atoms with van der Waals surface area (Å²) >= 11 is 0. The third-order valence-electron chi connectivity index (χ3n) is 2.09. The van der Waals surface area contributed by atoms with Crippen molar-refractivity contribution in [2.45, 2.75) is 13.3 Å². The Morgan fingerprint density at radius 2 is 2.27 bits per heavy atom. The van der Waals surface area contributed by atoms with Crippen molar-refractivity contribution < 1.29 is 4.39 Å². The molecule has 15 heavy (non-hydrogen) atoms. The van der Waals surface area contributed by atoms with E-state index < -0.39 is 0 Å². The normalized spacial score (nSPS) is 9.73. The second-order valence-electron chi connectivity index (χ2n) is 3.33. The molecule has 1 aromatic rings. The van der Waals surface area contributed by atoms with Crippen LogP contribution in [0.2, 0.25) is 0 Å². The molecular weight excluding hydrogens is 193 g/mol. The summed E-state index contributed by atoms with van der Waals surface area (Å²) in [6.07, 6.45) is 1.96. The van der Waals surface area contributed by atoms with Crippen LogP contribution in [0.25, 0.3) is 5.57 Å². The Morgan fingerprint density at radius 1 is 1.60 bits per heavy atom. The molecule has 0 saturated heterocycles. The number of benzene rings is 1. The van der Waals surface area contributed by atoms with Crippen LogP contribution in [0.1, 0.15) is 18.1 Å². The lowest BCUT2D eigenvalue weighted by molar-refractivity contribution is 0.614. The Morgan fingerprint density at radius 3 is 2.73 bits per heavy atom. The van der Waals surface area contributed by atoms with E-state index in [2.05, 4.69) is 18.3 Å². The zero-order chi connectivity index (χ0) is 11.4. The van der Waals surface area contributed by atoms with Gasteiger partial charge in [-0.05, 0) is 41.8 Å². The third kappa shape index (κ3) is 2.37. The fraction of sp³-hybridized carbons (Fsp3) is 0.167. The van der Waals surface area contributed by atoms with E-state index in [0.717, 1.165) is 0 Å². The SMILES string of the molecule is C=CCc1cc(N=O)c(C(=C)C)cc1F. The molecule has 0 radical (unpaired) electrons. The molecule has 0 atom stereocenters. The topological polar surface area (TPSA) is 29.4 Å². The smallest absolute Gasteiger partial charge is 0.127 e. The largest absolute Gasteiger partial charge is 0.207 e. The predicted octanol–water partition coefficient (Wildman–Crippen LogP) is 3.99. The number of rotatable bonds is 4. The van der Waals surface area contributed by atoms with Gasteiger partial charge >= 0.3 is 0 Å². The molecule has 3 heteroatoms. The van der Waals surface area contributed by atoms with Crippen LogP contribution in [-0.4, -0.2) is 0 Å². The molecule has 0 unspecified atom stereocenters. The summed E-state index contributed by atoms with van der Waals surface area (Å²) in [5.41, 5.74) is 1.72. The van der Waals surface area contributed by atoms with Gasteiger partial charge in [-0.2, -0.15) is 0 Å². The summed E-state index contributed by atoms with van der Waals surface area (Å²) in [4.78, 5) is 10.6. The number of nitroso groups, excluding NO2 is 1. The van der Waals surface area contributed by atoms with E-state index in [-0.39, 0.29) is 11.5 Å². The minimum absolute atomic E-state index is 0.223. The highest BCUT2D eigenvalue weighted by molar-refractivity contribution is 5.72. The molecule has 1 rings (SSSR count). The minimum atomic E-state index is -0.361. The van der Waals surface area contributed by atoms with Crippen molar-refractivity contribution in [3.8, 4) is 0 Å². The van der Waals surface area contributed by atoms with Crippen molar-refractivity contribution in [3.63, 3.8) is 0 Å². The summed E-state index contributed by atoms with van der Waals surface area (Å²) in [6.45, 7) is 8.89. The van der Waals surface area contributed by atoms with Gasteiger partial charge in [-0.1, -0.05) is 12.7 Å². The Hall–Kier alpha value is -1.77. The monoisotopic (exact) mass is 205 g/mol. The molecule has 78 valence electrons. The van der Waals surface area contributed by atoms with Gasteiger partial charge in [-0.15, -0.1) is 11.5 Å². The number of hydrogen-bond acceptors (Lipinski definition) is 2. The molecule has 0 amide bonds. The van der Waals surface area contributed by atoms with Gasteiger partial charge in [0.15, 0.2) is 0 Å². The highest BCUT2D eigenvalue weighted by atomic mass is 19.1. The molecule has 0 saturated carbocycles. The summed E-state index contributed by atoms with van der Waals surface area (Å²) in [5.74, 6) is -0.361. The zero-order valence-electron chi connectivity index (χ0n) is 8.59. The maximum Gasteiger partial charge on any atom is 0.127 e. The number of halogens is 1. The lowest BCUT2D eigenvalue weighted by atomic mass is 10.0. The van der Waals surface area contributed by atoms with Crippen molar-refractivity contribution in [1.29, 1.82) is 0 Å². The molecule has 0 N–H and O–H groups in total. The van der Waals surface area contributed by atoms with E-state index in [1.54, 1.807) is 13.0 Å². The van der Waals surface area contributed by atoms with Gasteiger partial charge in [0.25, 0.3) is 0 Å². The van der Waals surface area contributed by atoms with E-state index >= 15 is 0 Å². The second-order valence-corrected chi connectivity index (χ2v) is 3.33. The van der Waals surface area contributed by atoms with Gasteiger partial charge in [-0.25, -0.2) is 4.39 Å². The van der Waals surface area contributed by atoms with Crippen molar-refractivity contribution >= 4 is 11.3 Å². The van der Waals surface area contributed by atoms with Gasteiger partial charge in [0.05, 0.1) is 0 Å². The first-order valence-electron chi connectivity index (χ1n) is 4.52. The van der Waals surface area contributed by atoms with Gasteiger partial charge < -0.3 is 0 Å². The standard InChI is InChI=1S/C12H12FNO/c1-4-5-9-6-12(14-15)10(8(2)3)7-11(9)13/h4,6-7H,1-2,5H2,3H3. The lowest BCUT2D eigenvalue weighted by Crippen LogP contribution is -1.91. The first-order valence-corrected chi connectivity index (χ1v) is 4.52. The minimum Gasteiger partial charge on any atom is -0.207 e. The van der Waals surface area contributed by atoms with E-state index in [1.165, 1.54) is 12.1 Å². The summed E-state index contributed by atoms with van der Waals surface area (Å²) in [5, 5.41) is 2.86. The van der Waals surface area contributed by atoms with Crippen LogP contribution in [0.15, 0.2) is 36.5 Å². The summed E-state index contributed by atoms with van der Waals surface area (Å²) < 4.78 is 13.5. The molecule has 1 aromatic carbocycles. The van der Waals surface area contributed by atoms with Gasteiger partial charge in [0, 0.05) is 5.56 Å². The van der Waals surface area contributed by atoms with E-state index in [0.29, 0.717) is 23.1 Å². The molecular formula is C12H12FNO. The Balaban J connectivity index is 3.34. The van der Waals surface area contributed by atoms with Gasteiger partial charge in [-0.3, -0.25) is 0 Å². The van der Waals surface area contributed by atoms with Crippen LogP contribution in [0.5, 0.6) is 0 Å². The Kier molecular flexibility index (Phi) is 3.50. The maximum absolute atomic E-state index is 13.5. The van der Waals surface area contributed by atoms with Crippen LogP contribution in [0.4, 0.5) is 10.1 Å². The fourth-order valence-electron chi connectivity index (χ4n) is 1.33. The van der Waals surface area contributed by atoms with Crippen LogP contribution in [-0.2, 0) is 6.42 Å². The molecule has 0 aliphatic rings. The van der Waals surface area contributed by atoms with Crippen molar-refractivity contribution in [3.05, 3.63) is 53.2 Å². The molecule has 2 nitrogen and oxygen atoms in total. The molecule has 0 spiro atoms. The molecule has 0 fully saturated rings. The van der Waals surface area contributed by atoms with Crippen LogP contribution < -0.4 is 0 Å². The van der Waals surface area contributed by atoms with Gasteiger partial charge in [0.1, 0.15) is 11.5 Å². The highest BCUT2D eigenvalue weighted by Gasteiger charge is 2.10. The first kappa shape index (κ1) is 11.3. The van der Waals surface area contributed by atoms with E-state index in [9.17, 15) is 9.30 Å². The third-order valence-corrected chi connectivity index (χ3v) is 2.09. The van der Waals surface area contributed by atoms with Crippen LogP contribution >= 0.6 is 0 Å². The molecule has 0 heterocycles. The molecule has 0 aliphatic carbocycles. The van der Waals surface area contributed by atoms with Crippen LogP contribution in [0, 0.1) is 10.7 Å². The summed E-state index contributed by atoms with van der Waals surface area (Å²) in [6, 6.07) is 2.73. The molecule has 0 aliphatic heterocycles. The number of nitrogens with zero attached hydrogens (tertiary/aromatic N) is 1. The predicted molar refractivity (Wildman–Crippen MR) is 60.5 cm³/mol. The first-order chi connectivity index (χ1) is 7.10. The Labute approximate surface area is 88.1 Å². The van der Waals surface area contributed by atoms with Crippen molar-refractivity contribution in [2.75, 3.05) is 0 Å². The van der Waals surface area contributed by atoms with Crippen LogP contribution in [0.3, 0.4) is 0 Å². The van der Waals surface area contributed by atoms with E-state index in [4.69, 9.17) is 0 Å².